The molecule has 0 spiro atoms. The second kappa shape index (κ2) is 8.72. The summed E-state index contributed by atoms with van der Waals surface area (Å²) in [4.78, 5) is 17.3. The van der Waals surface area contributed by atoms with E-state index in [0.717, 1.165) is 44.9 Å². The number of piperazine rings is 1. The van der Waals surface area contributed by atoms with Crippen molar-refractivity contribution in [2.75, 3.05) is 38.0 Å². The van der Waals surface area contributed by atoms with Crippen LogP contribution in [0.3, 0.4) is 0 Å². The minimum absolute atomic E-state index is 0.266. The number of rotatable bonds is 5. The number of likely N-dealkylation sites (N-methyl/N-ethyl adjacent to an activating group) is 1. The maximum absolute atomic E-state index is 13.2. The summed E-state index contributed by atoms with van der Waals surface area (Å²) in [6.45, 7) is 6.90. The number of benzene rings is 2. The molecule has 1 N–H and O–H groups in total. The minimum Gasteiger partial charge on any atom is -0.422 e. The SMILES string of the molecule is CCN1CCN(Cc2c(Nc3cccc(C(F)(F)F)c3)c3ccccc3oc2=O)CC1. The van der Waals surface area contributed by atoms with E-state index in [0.29, 0.717) is 28.8 Å². The van der Waals surface area contributed by atoms with E-state index in [1.807, 2.05) is 6.07 Å². The highest BCUT2D eigenvalue weighted by molar-refractivity contribution is 5.93. The Labute approximate surface area is 178 Å². The third-order valence-corrected chi connectivity index (χ3v) is 5.66. The molecule has 0 atom stereocenters. The fourth-order valence-corrected chi connectivity index (χ4v) is 3.88. The van der Waals surface area contributed by atoms with E-state index in [9.17, 15) is 18.0 Å². The number of hydrogen-bond donors (Lipinski definition) is 1. The number of fused-ring (bicyclic) bond motifs is 1. The lowest BCUT2D eigenvalue weighted by atomic mass is 10.1. The van der Waals surface area contributed by atoms with Gasteiger partial charge in [-0.05, 0) is 36.9 Å². The van der Waals surface area contributed by atoms with E-state index in [2.05, 4.69) is 22.0 Å². The smallest absolute Gasteiger partial charge is 0.416 e. The van der Waals surface area contributed by atoms with Crippen LogP contribution in [0.25, 0.3) is 11.0 Å². The molecule has 0 radical (unpaired) electrons. The lowest BCUT2D eigenvalue weighted by Gasteiger charge is -2.34. The molecule has 1 fully saturated rings. The summed E-state index contributed by atoms with van der Waals surface area (Å²) in [6, 6.07) is 12.0. The van der Waals surface area contributed by atoms with Gasteiger partial charge in [0, 0.05) is 43.8 Å². The summed E-state index contributed by atoms with van der Waals surface area (Å²) in [7, 11) is 0. The lowest BCUT2D eigenvalue weighted by molar-refractivity contribution is -0.137. The Morgan fingerprint density at radius 2 is 1.71 bits per heavy atom. The van der Waals surface area contributed by atoms with E-state index >= 15 is 0 Å². The summed E-state index contributed by atoms with van der Waals surface area (Å²) in [5.74, 6) is 0. The first-order chi connectivity index (χ1) is 14.8. The van der Waals surface area contributed by atoms with Gasteiger partial charge in [0.05, 0.1) is 16.8 Å². The van der Waals surface area contributed by atoms with Gasteiger partial charge in [0.15, 0.2) is 0 Å². The third-order valence-electron chi connectivity index (χ3n) is 5.66. The quantitative estimate of drug-likeness (QED) is 0.594. The van der Waals surface area contributed by atoms with Crippen LogP contribution in [0.5, 0.6) is 0 Å². The molecule has 0 unspecified atom stereocenters. The lowest BCUT2D eigenvalue weighted by Crippen LogP contribution is -2.46. The van der Waals surface area contributed by atoms with Crippen LogP contribution in [0.2, 0.25) is 0 Å². The number of halogens is 3. The van der Waals surface area contributed by atoms with Gasteiger partial charge in [0.2, 0.25) is 0 Å². The predicted octanol–water partition coefficient (Wildman–Crippen LogP) is 4.69. The minimum atomic E-state index is -4.45. The van der Waals surface area contributed by atoms with Crippen LogP contribution in [0.15, 0.2) is 57.7 Å². The molecule has 164 valence electrons. The fraction of sp³-hybridized carbons (Fsp3) is 0.348. The molecule has 1 aliphatic heterocycles. The number of anilines is 2. The van der Waals surface area contributed by atoms with Crippen LogP contribution >= 0.6 is 0 Å². The predicted molar refractivity (Wildman–Crippen MR) is 115 cm³/mol. The van der Waals surface area contributed by atoms with E-state index in [1.54, 1.807) is 24.3 Å². The Morgan fingerprint density at radius 3 is 2.42 bits per heavy atom. The first kappa shape index (κ1) is 21.4. The molecule has 0 bridgehead atoms. The molecule has 2 heterocycles. The van der Waals surface area contributed by atoms with Crippen LogP contribution in [0.4, 0.5) is 24.5 Å². The fourth-order valence-electron chi connectivity index (χ4n) is 3.88. The highest BCUT2D eigenvalue weighted by Gasteiger charge is 2.30. The van der Waals surface area contributed by atoms with Gasteiger partial charge in [-0.1, -0.05) is 25.1 Å². The molecule has 31 heavy (non-hydrogen) atoms. The van der Waals surface area contributed by atoms with Gasteiger partial charge in [-0.2, -0.15) is 13.2 Å². The van der Waals surface area contributed by atoms with Crippen LogP contribution in [0.1, 0.15) is 18.1 Å². The zero-order valence-corrected chi connectivity index (χ0v) is 17.2. The molecule has 0 amide bonds. The van der Waals surface area contributed by atoms with Crippen molar-refractivity contribution < 1.29 is 17.6 Å². The van der Waals surface area contributed by atoms with Gasteiger partial charge >= 0.3 is 11.8 Å². The van der Waals surface area contributed by atoms with Crippen molar-refractivity contribution in [3.63, 3.8) is 0 Å². The zero-order valence-electron chi connectivity index (χ0n) is 17.2. The Balaban J connectivity index is 1.72. The van der Waals surface area contributed by atoms with Gasteiger partial charge in [-0.15, -0.1) is 0 Å². The third kappa shape index (κ3) is 4.75. The van der Waals surface area contributed by atoms with Gasteiger partial charge in [0.1, 0.15) is 5.58 Å². The normalized spacial score (nSPS) is 16.0. The molecule has 0 saturated carbocycles. The molecule has 5 nitrogen and oxygen atoms in total. The average Bonchev–Trinajstić information content (AvgIpc) is 2.76. The van der Waals surface area contributed by atoms with Gasteiger partial charge < -0.3 is 14.6 Å². The van der Waals surface area contributed by atoms with Crippen LogP contribution in [0, 0.1) is 0 Å². The zero-order chi connectivity index (χ0) is 22.0. The first-order valence-corrected chi connectivity index (χ1v) is 10.3. The van der Waals surface area contributed by atoms with Crippen molar-refractivity contribution in [1.29, 1.82) is 0 Å². The molecule has 1 aliphatic rings. The van der Waals surface area contributed by atoms with Gasteiger partial charge in [0.25, 0.3) is 0 Å². The first-order valence-electron chi connectivity index (χ1n) is 10.3. The molecule has 2 aromatic carbocycles. The second-order valence-electron chi connectivity index (χ2n) is 7.65. The van der Waals surface area contributed by atoms with Gasteiger partial charge in [-0.3, -0.25) is 4.90 Å². The van der Waals surface area contributed by atoms with E-state index in [-0.39, 0.29) is 5.69 Å². The summed E-state index contributed by atoms with van der Waals surface area (Å²) in [5.41, 5.74) is 0.336. The van der Waals surface area contributed by atoms with E-state index in [4.69, 9.17) is 4.42 Å². The molecule has 8 heteroatoms. The molecule has 1 saturated heterocycles. The van der Waals surface area contributed by atoms with Crippen LogP contribution in [-0.4, -0.2) is 42.5 Å². The van der Waals surface area contributed by atoms with Crippen molar-refractivity contribution in [3.8, 4) is 0 Å². The summed E-state index contributed by atoms with van der Waals surface area (Å²) in [5, 5.41) is 3.74. The Morgan fingerprint density at radius 1 is 1.00 bits per heavy atom. The number of para-hydroxylation sites is 1. The summed E-state index contributed by atoms with van der Waals surface area (Å²) >= 11 is 0. The highest BCUT2D eigenvalue weighted by Crippen LogP contribution is 2.33. The molecular formula is C23H24F3N3O2. The number of nitrogens with zero attached hydrogens (tertiary/aromatic N) is 2. The molecular weight excluding hydrogens is 407 g/mol. The van der Waals surface area contributed by atoms with Crippen molar-refractivity contribution in [2.24, 2.45) is 0 Å². The number of nitrogens with one attached hydrogen (secondary N) is 1. The largest absolute Gasteiger partial charge is 0.422 e. The van der Waals surface area contributed by atoms with Crippen molar-refractivity contribution in [3.05, 3.63) is 70.1 Å². The van der Waals surface area contributed by atoms with Crippen LogP contribution in [-0.2, 0) is 12.7 Å². The second-order valence-corrected chi connectivity index (χ2v) is 7.65. The number of alkyl halides is 3. The van der Waals surface area contributed by atoms with E-state index < -0.39 is 17.4 Å². The number of hydrogen-bond acceptors (Lipinski definition) is 5. The Bertz CT molecular complexity index is 1120. The van der Waals surface area contributed by atoms with Crippen molar-refractivity contribution >= 4 is 22.3 Å². The summed E-state index contributed by atoms with van der Waals surface area (Å²) < 4.78 is 45.0. The molecule has 3 aromatic rings. The van der Waals surface area contributed by atoms with E-state index in [1.165, 1.54) is 6.07 Å². The standard InChI is InChI=1S/C23H24F3N3O2/c1-2-28-10-12-29(13-11-28)15-19-21(18-8-3-4-9-20(18)31-22(19)30)27-17-7-5-6-16(14-17)23(24,25)26/h3-9,14,27H,2,10-13,15H2,1H3. The monoisotopic (exact) mass is 431 g/mol. The molecule has 0 aliphatic carbocycles. The van der Waals surface area contributed by atoms with Crippen LogP contribution < -0.4 is 10.9 Å². The Hall–Kier alpha value is -2.84. The highest BCUT2D eigenvalue weighted by atomic mass is 19.4. The Kier molecular flexibility index (Phi) is 6.02. The molecule has 1 aromatic heterocycles. The average molecular weight is 431 g/mol. The summed E-state index contributed by atoms with van der Waals surface area (Å²) in [6.07, 6.45) is -4.45. The van der Waals surface area contributed by atoms with Crippen molar-refractivity contribution in [2.45, 2.75) is 19.6 Å². The van der Waals surface area contributed by atoms with Crippen molar-refractivity contribution in [1.82, 2.24) is 9.80 Å². The topological polar surface area (TPSA) is 48.7 Å². The maximum atomic E-state index is 13.2. The van der Waals surface area contributed by atoms with Gasteiger partial charge in [-0.25, -0.2) is 4.79 Å². The molecule has 4 rings (SSSR count). The maximum Gasteiger partial charge on any atom is 0.416 e.